The summed E-state index contributed by atoms with van der Waals surface area (Å²) in [6.07, 6.45) is 45.3. The van der Waals surface area contributed by atoms with E-state index in [9.17, 15) is 4.79 Å². The summed E-state index contributed by atoms with van der Waals surface area (Å²) in [6.45, 7) is 5.10. The molecular weight excluding hydrogens is 547 g/mol. The first-order chi connectivity index (χ1) is 21.2. The predicted octanol–water partition coefficient (Wildman–Crippen LogP) is 13.6. The minimum absolute atomic E-state index is 0.280. The van der Waals surface area contributed by atoms with Crippen molar-refractivity contribution < 1.29 is 9.53 Å². The monoisotopic (exact) mass is 624 g/mol. The summed E-state index contributed by atoms with van der Waals surface area (Å²) < 4.78 is 5.36. The van der Waals surface area contributed by atoms with Gasteiger partial charge >= 0.3 is 5.97 Å². The fourth-order valence-electron chi connectivity index (χ4n) is 5.86. The third-order valence-corrected chi connectivity index (χ3v) is 9.71. The minimum Gasteiger partial charge on any atom is -0.462 e. The van der Waals surface area contributed by atoms with Crippen LogP contribution in [-0.4, -0.2) is 18.3 Å². The summed E-state index contributed by atoms with van der Waals surface area (Å²) in [4.78, 5) is 12.0. The lowest BCUT2D eigenvalue weighted by Crippen LogP contribution is -2.06. The van der Waals surface area contributed by atoms with E-state index in [2.05, 4.69) is 13.8 Å². The molecule has 0 fully saturated rings. The fourth-order valence-corrected chi connectivity index (χ4v) is 6.63. The van der Waals surface area contributed by atoms with Gasteiger partial charge in [-0.05, 0) is 18.6 Å². The second-order valence-corrected chi connectivity index (χ2v) is 14.3. The molecule has 0 amide bonds. The number of hydrogen-bond acceptors (Lipinski definition) is 4. The molecule has 0 rings (SSSR count). The number of carbonyl (C=O) groups excluding carboxylic acids is 1. The van der Waals surface area contributed by atoms with Crippen LogP contribution in [0.2, 0.25) is 0 Å². The van der Waals surface area contributed by atoms with Crippen LogP contribution in [0.1, 0.15) is 219 Å². The van der Waals surface area contributed by atoms with E-state index in [4.69, 9.17) is 10.5 Å². The SMILES string of the molecule is CCCCCCCCCCCCCCCCCCOC(=O)C=C(N)SCCCCCCCCCCCCCCCCCC. The Bertz CT molecular complexity index is 580. The van der Waals surface area contributed by atoms with Crippen molar-refractivity contribution in [2.75, 3.05) is 12.4 Å². The first-order valence-electron chi connectivity index (χ1n) is 19.5. The van der Waals surface area contributed by atoms with Gasteiger partial charge in [0.2, 0.25) is 0 Å². The van der Waals surface area contributed by atoms with Crippen LogP contribution in [0.15, 0.2) is 11.1 Å². The highest BCUT2D eigenvalue weighted by atomic mass is 32.2. The molecule has 0 aliphatic heterocycles. The number of carbonyl (C=O) groups is 1. The van der Waals surface area contributed by atoms with Crippen LogP contribution >= 0.6 is 11.8 Å². The summed E-state index contributed by atoms with van der Waals surface area (Å²) >= 11 is 1.59. The number of thioether (sulfide) groups is 1. The summed E-state index contributed by atoms with van der Waals surface area (Å²) in [5, 5.41) is 0.595. The number of hydrogen-bond donors (Lipinski definition) is 1. The maximum absolute atomic E-state index is 12.0. The second kappa shape index (κ2) is 37.5. The van der Waals surface area contributed by atoms with Gasteiger partial charge in [-0.25, -0.2) is 4.79 Å². The molecule has 0 saturated carbocycles. The Morgan fingerprint density at radius 1 is 0.465 bits per heavy atom. The molecule has 0 aromatic heterocycles. The highest BCUT2D eigenvalue weighted by Crippen LogP contribution is 2.17. The van der Waals surface area contributed by atoms with E-state index in [1.165, 1.54) is 199 Å². The van der Waals surface area contributed by atoms with Crippen molar-refractivity contribution in [2.45, 2.75) is 219 Å². The Kier molecular flexibility index (Phi) is 37.0. The number of rotatable bonds is 36. The van der Waals surface area contributed by atoms with Gasteiger partial charge in [0.25, 0.3) is 0 Å². The van der Waals surface area contributed by atoms with E-state index >= 15 is 0 Å². The van der Waals surface area contributed by atoms with Gasteiger partial charge < -0.3 is 10.5 Å². The average molecular weight is 624 g/mol. The average Bonchev–Trinajstić information content (AvgIpc) is 3.00. The Balaban J connectivity index is 3.33. The van der Waals surface area contributed by atoms with E-state index in [-0.39, 0.29) is 5.97 Å². The van der Waals surface area contributed by atoms with Gasteiger partial charge in [-0.3, -0.25) is 0 Å². The fraction of sp³-hybridized carbons (Fsp3) is 0.923. The smallest absolute Gasteiger partial charge is 0.333 e. The van der Waals surface area contributed by atoms with Crippen LogP contribution in [0.4, 0.5) is 0 Å². The lowest BCUT2D eigenvalue weighted by Gasteiger charge is -2.05. The first-order valence-corrected chi connectivity index (χ1v) is 20.5. The third-order valence-electron chi connectivity index (χ3n) is 8.77. The zero-order valence-electron chi connectivity index (χ0n) is 29.4. The second-order valence-electron chi connectivity index (χ2n) is 13.2. The molecule has 4 heteroatoms. The van der Waals surface area contributed by atoms with Gasteiger partial charge in [0.05, 0.1) is 17.7 Å². The highest BCUT2D eigenvalue weighted by molar-refractivity contribution is 8.03. The molecule has 0 aromatic rings. The van der Waals surface area contributed by atoms with Crippen molar-refractivity contribution in [3.05, 3.63) is 11.1 Å². The molecule has 0 unspecified atom stereocenters. The Labute approximate surface area is 275 Å². The van der Waals surface area contributed by atoms with Crippen LogP contribution < -0.4 is 5.73 Å². The Morgan fingerprint density at radius 2 is 0.744 bits per heavy atom. The molecule has 0 aliphatic rings. The van der Waals surface area contributed by atoms with Crippen molar-refractivity contribution in [1.29, 1.82) is 0 Å². The number of unbranched alkanes of at least 4 members (excludes halogenated alkanes) is 30. The van der Waals surface area contributed by atoms with Gasteiger partial charge in [0.1, 0.15) is 0 Å². The molecule has 2 N–H and O–H groups in total. The Hall–Kier alpha value is -0.640. The van der Waals surface area contributed by atoms with Crippen molar-refractivity contribution >= 4 is 17.7 Å². The summed E-state index contributed by atoms with van der Waals surface area (Å²) in [7, 11) is 0. The summed E-state index contributed by atoms with van der Waals surface area (Å²) in [5.74, 6) is 0.714. The molecular formula is C39H77NO2S. The lowest BCUT2D eigenvalue weighted by molar-refractivity contribution is -0.137. The highest BCUT2D eigenvalue weighted by Gasteiger charge is 2.02. The predicted molar refractivity (Wildman–Crippen MR) is 195 cm³/mol. The van der Waals surface area contributed by atoms with Gasteiger partial charge in [-0.1, -0.05) is 206 Å². The maximum Gasteiger partial charge on any atom is 0.333 e. The molecule has 43 heavy (non-hydrogen) atoms. The van der Waals surface area contributed by atoms with Gasteiger partial charge in [-0.2, -0.15) is 0 Å². The maximum atomic E-state index is 12.0. The molecule has 0 spiro atoms. The van der Waals surface area contributed by atoms with E-state index in [1.54, 1.807) is 11.8 Å². The largest absolute Gasteiger partial charge is 0.462 e. The zero-order chi connectivity index (χ0) is 31.3. The van der Waals surface area contributed by atoms with Crippen LogP contribution in [0.5, 0.6) is 0 Å². The van der Waals surface area contributed by atoms with Crippen LogP contribution in [0, 0.1) is 0 Å². The molecule has 0 heterocycles. The van der Waals surface area contributed by atoms with Crippen molar-refractivity contribution in [3.8, 4) is 0 Å². The van der Waals surface area contributed by atoms with Crippen molar-refractivity contribution in [3.63, 3.8) is 0 Å². The topological polar surface area (TPSA) is 52.3 Å². The normalized spacial score (nSPS) is 11.8. The van der Waals surface area contributed by atoms with E-state index < -0.39 is 0 Å². The molecule has 0 aliphatic carbocycles. The molecule has 0 atom stereocenters. The molecule has 3 nitrogen and oxygen atoms in total. The molecule has 0 bridgehead atoms. The number of nitrogens with two attached hydrogens (primary N) is 1. The minimum atomic E-state index is -0.280. The molecule has 0 aromatic carbocycles. The standard InChI is InChI=1S/C39H77NO2S/c1-3-5-7-9-11-13-15-17-19-21-23-25-27-29-31-33-35-42-39(41)37-38(40)43-36-34-32-30-28-26-24-22-20-18-16-14-12-10-8-6-4-2/h37H,3-36,40H2,1-2H3. The van der Waals surface area contributed by atoms with Gasteiger partial charge in [0, 0.05) is 0 Å². The molecule has 0 saturated heterocycles. The van der Waals surface area contributed by atoms with E-state index in [1.807, 2.05) is 0 Å². The third kappa shape index (κ3) is 37.5. The molecule has 256 valence electrons. The Morgan fingerprint density at radius 3 is 1.07 bits per heavy atom. The number of esters is 1. The van der Waals surface area contributed by atoms with Crippen molar-refractivity contribution in [2.24, 2.45) is 5.73 Å². The lowest BCUT2D eigenvalue weighted by atomic mass is 10.0. The van der Waals surface area contributed by atoms with E-state index in [0.717, 1.165) is 18.6 Å². The quantitative estimate of drug-likeness (QED) is 0.0428. The van der Waals surface area contributed by atoms with Crippen molar-refractivity contribution in [1.82, 2.24) is 0 Å². The van der Waals surface area contributed by atoms with Crippen LogP contribution in [0.3, 0.4) is 0 Å². The van der Waals surface area contributed by atoms with Crippen LogP contribution in [-0.2, 0) is 9.53 Å². The summed E-state index contributed by atoms with van der Waals surface area (Å²) in [5.41, 5.74) is 6.03. The first kappa shape index (κ1) is 42.4. The zero-order valence-corrected chi connectivity index (χ0v) is 30.2. The van der Waals surface area contributed by atoms with E-state index in [0.29, 0.717) is 11.6 Å². The summed E-state index contributed by atoms with van der Waals surface area (Å²) in [6, 6.07) is 0. The van der Waals surface area contributed by atoms with Gasteiger partial charge in [0.15, 0.2) is 0 Å². The molecule has 0 radical (unpaired) electrons. The van der Waals surface area contributed by atoms with Gasteiger partial charge in [-0.15, -0.1) is 11.8 Å². The van der Waals surface area contributed by atoms with Crippen LogP contribution in [0.25, 0.3) is 0 Å². The number of ether oxygens (including phenoxy) is 1.